The molecule has 2 aliphatic heterocycles. The van der Waals surface area contributed by atoms with Crippen molar-refractivity contribution in [2.45, 2.75) is 32.4 Å². The SMILES string of the molecule is Cc1ccc2c(c1)C(=O)N1CCC[C@H]1C(=O)N2Cc1ccccc1. The second-order valence-corrected chi connectivity index (χ2v) is 6.59. The van der Waals surface area contributed by atoms with E-state index < -0.39 is 0 Å². The maximum Gasteiger partial charge on any atom is 0.256 e. The highest BCUT2D eigenvalue weighted by atomic mass is 16.2. The summed E-state index contributed by atoms with van der Waals surface area (Å²) in [5, 5.41) is 0. The number of hydrogen-bond donors (Lipinski definition) is 0. The minimum Gasteiger partial charge on any atom is -0.327 e. The predicted molar refractivity (Wildman–Crippen MR) is 92.9 cm³/mol. The van der Waals surface area contributed by atoms with Crippen LogP contribution in [0.1, 0.15) is 34.3 Å². The van der Waals surface area contributed by atoms with Gasteiger partial charge in [-0.2, -0.15) is 0 Å². The molecule has 4 rings (SSSR count). The monoisotopic (exact) mass is 320 g/mol. The molecular formula is C20H20N2O2. The van der Waals surface area contributed by atoms with Crippen molar-refractivity contribution in [3.8, 4) is 0 Å². The zero-order chi connectivity index (χ0) is 16.7. The van der Waals surface area contributed by atoms with Gasteiger partial charge in [0.15, 0.2) is 0 Å². The van der Waals surface area contributed by atoms with Crippen molar-refractivity contribution in [2.24, 2.45) is 0 Å². The summed E-state index contributed by atoms with van der Waals surface area (Å²) < 4.78 is 0. The van der Waals surface area contributed by atoms with E-state index in [0.29, 0.717) is 18.7 Å². The minimum absolute atomic E-state index is 0.0138. The van der Waals surface area contributed by atoms with Gasteiger partial charge in [0.2, 0.25) is 5.91 Å². The van der Waals surface area contributed by atoms with Crippen LogP contribution in [0, 0.1) is 6.92 Å². The topological polar surface area (TPSA) is 40.6 Å². The summed E-state index contributed by atoms with van der Waals surface area (Å²) in [6.45, 7) is 3.14. The van der Waals surface area contributed by atoms with Crippen molar-refractivity contribution in [1.82, 2.24) is 4.90 Å². The maximum absolute atomic E-state index is 13.2. The van der Waals surface area contributed by atoms with Gasteiger partial charge in [0.1, 0.15) is 6.04 Å². The first-order valence-corrected chi connectivity index (χ1v) is 8.42. The highest BCUT2D eigenvalue weighted by Crippen LogP contribution is 2.33. The Bertz CT molecular complexity index is 801. The average Bonchev–Trinajstić information content (AvgIpc) is 3.07. The van der Waals surface area contributed by atoms with E-state index in [-0.39, 0.29) is 17.9 Å². The van der Waals surface area contributed by atoms with E-state index in [9.17, 15) is 9.59 Å². The quantitative estimate of drug-likeness (QED) is 0.853. The molecule has 2 aromatic rings. The number of carbonyl (C=O) groups is 2. The third-order valence-corrected chi connectivity index (χ3v) is 4.92. The molecule has 122 valence electrons. The molecule has 0 radical (unpaired) electrons. The van der Waals surface area contributed by atoms with Crippen molar-refractivity contribution >= 4 is 17.5 Å². The molecule has 2 aliphatic rings. The second-order valence-electron chi connectivity index (χ2n) is 6.59. The van der Waals surface area contributed by atoms with Gasteiger partial charge < -0.3 is 9.80 Å². The molecule has 4 nitrogen and oxygen atoms in total. The summed E-state index contributed by atoms with van der Waals surface area (Å²) in [6, 6.07) is 15.4. The molecule has 0 N–H and O–H groups in total. The van der Waals surface area contributed by atoms with Crippen LogP contribution in [-0.4, -0.2) is 29.3 Å². The molecule has 0 saturated carbocycles. The first-order valence-electron chi connectivity index (χ1n) is 8.42. The van der Waals surface area contributed by atoms with Crippen molar-refractivity contribution in [1.29, 1.82) is 0 Å². The van der Waals surface area contributed by atoms with Crippen LogP contribution in [-0.2, 0) is 11.3 Å². The highest BCUT2D eigenvalue weighted by Gasteiger charge is 2.41. The van der Waals surface area contributed by atoms with Crippen molar-refractivity contribution in [2.75, 3.05) is 11.4 Å². The third kappa shape index (κ3) is 2.39. The van der Waals surface area contributed by atoms with Gasteiger partial charge in [0, 0.05) is 6.54 Å². The van der Waals surface area contributed by atoms with E-state index in [1.807, 2.05) is 55.5 Å². The number of anilines is 1. The maximum atomic E-state index is 13.2. The number of nitrogens with zero attached hydrogens (tertiary/aromatic N) is 2. The summed E-state index contributed by atoms with van der Waals surface area (Å²) in [6.07, 6.45) is 1.64. The average molecular weight is 320 g/mol. The Balaban J connectivity index is 1.83. The molecule has 0 aromatic heterocycles. The smallest absolute Gasteiger partial charge is 0.256 e. The number of rotatable bonds is 2. The zero-order valence-electron chi connectivity index (χ0n) is 13.7. The van der Waals surface area contributed by atoms with E-state index in [4.69, 9.17) is 0 Å². The molecule has 2 amide bonds. The summed E-state index contributed by atoms with van der Waals surface area (Å²) >= 11 is 0. The molecule has 0 aliphatic carbocycles. The van der Waals surface area contributed by atoms with Crippen LogP contribution in [0.5, 0.6) is 0 Å². The Kier molecular flexibility index (Phi) is 3.60. The summed E-state index contributed by atoms with van der Waals surface area (Å²) in [4.78, 5) is 29.7. The molecule has 1 atom stereocenters. The number of carbonyl (C=O) groups excluding carboxylic acids is 2. The van der Waals surface area contributed by atoms with Crippen LogP contribution >= 0.6 is 0 Å². The second kappa shape index (κ2) is 5.78. The minimum atomic E-state index is -0.325. The Morgan fingerprint density at radius 2 is 1.88 bits per heavy atom. The Hall–Kier alpha value is -2.62. The lowest BCUT2D eigenvalue weighted by molar-refractivity contribution is -0.122. The predicted octanol–water partition coefficient (Wildman–Crippen LogP) is 3.15. The lowest BCUT2D eigenvalue weighted by Gasteiger charge is -2.26. The molecule has 4 heteroatoms. The van der Waals surface area contributed by atoms with Crippen LogP contribution in [0.15, 0.2) is 48.5 Å². The van der Waals surface area contributed by atoms with Gasteiger partial charge >= 0.3 is 0 Å². The molecule has 24 heavy (non-hydrogen) atoms. The number of aryl methyl sites for hydroxylation is 1. The van der Waals surface area contributed by atoms with Crippen LogP contribution < -0.4 is 4.90 Å². The molecule has 2 aromatic carbocycles. The van der Waals surface area contributed by atoms with Gasteiger partial charge in [0.05, 0.1) is 17.8 Å². The van der Waals surface area contributed by atoms with Gasteiger partial charge in [-0.25, -0.2) is 0 Å². The Labute approximate surface area is 141 Å². The van der Waals surface area contributed by atoms with E-state index in [1.54, 1.807) is 9.80 Å². The summed E-state index contributed by atoms with van der Waals surface area (Å²) in [5.74, 6) is 0.0208. The van der Waals surface area contributed by atoms with Crippen LogP contribution in [0.2, 0.25) is 0 Å². The van der Waals surface area contributed by atoms with E-state index >= 15 is 0 Å². The molecular weight excluding hydrogens is 300 g/mol. The van der Waals surface area contributed by atoms with Crippen LogP contribution in [0.3, 0.4) is 0 Å². The fraction of sp³-hybridized carbons (Fsp3) is 0.300. The number of hydrogen-bond acceptors (Lipinski definition) is 2. The molecule has 2 heterocycles. The lowest BCUT2D eigenvalue weighted by Crippen LogP contribution is -2.44. The van der Waals surface area contributed by atoms with Crippen molar-refractivity contribution in [3.05, 3.63) is 65.2 Å². The lowest BCUT2D eigenvalue weighted by atomic mass is 10.1. The molecule has 1 fully saturated rings. The normalized spacial score (nSPS) is 20.0. The zero-order valence-corrected chi connectivity index (χ0v) is 13.7. The standard InChI is InChI=1S/C20H20N2O2/c1-14-9-10-17-16(12-14)19(23)21-11-5-8-18(21)20(24)22(17)13-15-6-3-2-4-7-15/h2-4,6-7,9-10,12,18H,5,8,11,13H2,1H3/t18-/m0/s1. The van der Waals surface area contributed by atoms with E-state index in [0.717, 1.165) is 29.7 Å². The van der Waals surface area contributed by atoms with Crippen LogP contribution in [0.4, 0.5) is 5.69 Å². The van der Waals surface area contributed by atoms with Crippen LogP contribution in [0.25, 0.3) is 0 Å². The summed E-state index contributed by atoms with van der Waals surface area (Å²) in [7, 11) is 0. The van der Waals surface area contributed by atoms with E-state index in [1.165, 1.54) is 0 Å². The van der Waals surface area contributed by atoms with Gasteiger partial charge in [-0.05, 0) is 37.5 Å². The molecule has 0 bridgehead atoms. The van der Waals surface area contributed by atoms with E-state index in [2.05, 4.69) is 0 Å². The largest absolute Gasteiger partial charge is 0.327 e. The fourth-order valence-electron chi connectivity index (χ4n) is 3.71. The first kappa shape index (κ1) is 14.9. The van der Waals surface area contributed by atoms with Gasteiger partial charge in [-0.1, -0.05) is 42.0 Å². The third-order valence-electron chi connectivity index (χ3n) is 4.92. The highest BCUT2D eigenvalue weighted by molar-refractivity contribution is 6.11. The molecule has 1 saturated heterocycles. The molecule has 0 unspecified atom stereocenters. The van der Waals surface area contributed by atoms with Gasteiger partial charge in [0.25, 0.3) is 5.91 Å². The summed E-state index contributed by atoms with van der Waals surface area (Å²) in [5.41, 5.74) is 3.47. The Morgan fingerprint density at radius 3 is 2.67 bits per heavy atom. The number of benzene rings is 2. The van der Waals surface area contributed by atoms with Gasteiger partial charge in [-0.15, -0.1) is 0 Å². The number of fused-ring (bicyclic) bond motifs is 2. The fourth-order valence-corrected chi connectivity index (χ4v) is 3.71. The first-order chi connectivity index (χ1) is 11.6. The van der Waals surface area contributed by atoms with Gasteiger partial charge in [-0.3, -0.25) is 9.59 Å². The number of amides is 2. The Morgan fingerprint density at radius 1 is 1.08 bits per heavy atom. The van der Waals surface area contributed by atoms with Crippen molar-refractivity contribution in [3.63, 3.8) is 0 Å². The van der Waals surface area contributed by atoms with Crippen molar-refractivity contribution < 1.29 is 9.59 Å². The molecule has 0 spiro atoms.